The molecule has 0 bridgehead atoms. The number of halogens is 1. The summed E-state index contributed by atoms with van der Waals surface area (Å²) in [6.07, 6.45) is 0. The molecule has 0 amide bonds. The van der Waals surface area contributed by atoms with Crippen LogP contribution >= 0.6 is 15.9 Å². The third-order valence-electron chi connectivity index (χ3n) is 1.66. The molecule has 1 rings (SSSR count). The van der Waals surface area contributed by atoms with Crippen molar-refractivity contribution < 1.29 is 9.53 Å². The average molecular weight is 244 g/mol. The molecule has 3 nitrogen and oxygen atoms in total. The van der Waals surface area contributed by atoms with Gasteiger partial charge in [0.15, 0.2) is 5.78 Å². The second-order valence-electron chi connectivity index (χ2n) is 2.45. The number of hydrogen-bond donors (Lipinski definition) is 1. The summed E-state index contributed by atoms with van der Waals surface area (Å²) in [5.41, 5.74) is 5.77. The third-order valence-corrected chi connectivity index (χ3v) is 2.28. The fourth-order valence-electron chi connectivity index (χ4n) is 1.05. The van der Waals surface area contributed by atoms with Crippen LogP contribution in [-0.2, 0) is 0 Å². The van der Waals surface area contributed by atoms with Gasteiger partial charge in [-0.15, -0.1) is 0 Å². The van der Waals surface area contributed by atoms with Crippen molar-refractivity contribution in [2.24, 2.45) is 5.73 Å². The van der Waals surface area contributed by atoms with Gasteiger partial charge in [-0.2, -0.15) is 0 Å². The molecular formula is C9H10BrNO2. The molecular weight excluding hydrogens is 234 g/mol. The minimum Gasteiger partial charge on any atom is -0.495 e. The van der Waals surface area contributed by atoms with Gasteiger partial charge < -0.3 is 10.5 Å². The topological polar surface area (TPSA) is 52.3 Å². The number of benzene rings is 1. The lowest BCUT2D eigenvalue weighted by atomic mass is 10.1. The summed E-state index contributed by atoms with van der Waals surface area (Å²) in [5, 5.41) is 0. The van der Waals surface area contributed by atoms with Gasteiger partial charge in [0, 0.05) is 0 Å². The fraction of sp³-hybridized carbons (Fsp3) is 0.222. The van der Waals surface area contributed by atoms with Crippen LogP contribution in [0.1, 0.15) is 10.4 Å². The number of carbonyl (C=O) groups excluding carboxylic acids is 1. The molecule has 0 heterocycles. The van der Waals surface area contributed by atoms with Gasteiger partial charge in [-0.05, 0) is 28.1 Å². The molecule has 0 saturated heterocycles. The largest absolute Gasteiger partial charge is 0.495 e. The number of ketones is 1. The molecule has 0 saturated carbocycles. The second-order valence-corrected chi connectivity index (χ2v) is 3.30. The van der Waals surface area contributed by atoms with Crippen LogP contribution in [0.4, 0.5) is 0 Å². The van der Waals surface area contributed by atoms with Crippen LogP contribution < -0.4 is 10.5 Å². The summed E-state index contributed by atoms with van der Waals surface area (Å²) < 4.78 is 5.83. The van der Waals surface area contributed by atoms with Gasteiger partial charge >= 0.3 is 0 Å². The highest BCUT2D eigenvalue weighted by atomic mass is 79.9. The Hall–Kier alpha value is -0.870. The molecule has 0 aliphatic rings. The molecule has 13 heavy (non-hydrogen) atoms. The number of para-hydroxylation sites is 1. The summed E-state index contributed by atoms with van der Waals surface area (Å²) in [5.74, 6) is 0.413. The standard InChI is InChI=1S/C9H10BrNO2/c1-13-9-6(8(12)5-11)3-2-4-7(9)10/h2-4H,5,11H2,1H3. The molecule has 0 aliphatic heterocycles. The zero-order chi connectivity index (χ0) is 9.84. The molecule has 0 unspecified atom stereocenters. The predicted molar refractivity (Wildman–Crippen MR) is 54.1 cm³/mol. The van der Waals surface area contributed by atoms with Gasteiger partial charge in [-0.1, -0.05) is 6.07 Å². The van der Waals surface area contributed by atoms with Gasteiger partial charge in [-0.3, -0.25) is 4.79 Å². The van der Waals surface area contributed by atoms with Crippen molar-refractivity contribution in [3.05, 3.63) is 28.2 Å². The van der Waals surface area contributed by atoms with Crippen LogP contribution in [0.25, 0.3) is 0 Å². The summed E-state index contributed by atoms with van der Waals surface area (Å²) in [4.78, 5) is 11.3. The van der Waals surface area contributed by atoms with Crippen molar-refractivity contribution in [2.45, 2.75) is 0 Å². The first kappa shape index (κ1) is 10.2. The summed E-state index contributed by atoms with van der Waals surface area (Å²) in [6, 6.07) is 5.28. The Morgan fingerprint density at radius 1 is 1.62 bits per heavy atom. The van der Waals surface area contributed by atoms with Crippen LogP contribution in [0, 0.1) is 0 Å². The first-order valence-electron chi connectivity index (χ1n) is 3.76. The molecule has 0 aliphatic carbocycles. The predicted octanol–water partition coefficient (Wildman–Crippen LogP) is 1.60. The zero-order valence-corrected chi connectivity index (χ0v) is 8.80. The van der Waals surface area contributed by atoms with Crippen molar-refractivity contribution in [1.82, 2.24) is 0 Å². The van der Waals surface area contributed by atoms with Crippen LogP contribution in [0.15, 0.2) is 22.7 Å². The van der Waals surface area contributed by atoms with E-state index in [4.69, 9.17) is 10.5 Å². The summed E-state index contributed by atoms with van der Waals surface area (Å²) in [6.45, 7) is -0.00713. The fourth-order valence-corrected chi connectivity index (χ4v) is 1.57. The maximum atomic E-state index is 11.3. The number of carbonyl (C=O) groups is 1. The van der Waals surface area contributed by atoms with E-state index in [2.05, 4.69) is 15.9 Å². The Morgan fingerprint density at radius 3 is 2.85 bits per heavy atom. The van der Waals surface area contributed by atoms with Crippen molar-refractivity contribution in [1.29, 1.82) is 0 Å². The smallest absolute Gasteiger partial charge is 0.180 e. The highest BCUT2D eigenvalue weighted by Crippen LogP contribution is 2.28. The quantitative estimate of drug-likeness (QED) is 0.821. The summed E-state index contributed by atoms with van der Waals surface area (Å²) in [7, 11) is 1.52. The number of Topliss-reactive ketones (excluding diaryl/α,β-unsaturated/α-hetero) is 1. The first-order valence-corrected chi connectivity index (χ1v) is 4.55. The van der Waals surface area contributed by atoms with E-state index in [1.54, 1.807) is 12.1 Å². The zero-order valence-electron chi connectivity index (χ0n) is 7.21. The molecule has 1 aromatic carbocycles. The van der Waals surface area contributed by atoms with E-state index in [0.717, 1.165) is 4.47 Å². The van der Waals surface area contributed by atoms with Gasteiger partial charge in [0.05, 0.1) is 23.7 Å². The minimum atomic E-state index is -0.127. The van der Waals surface area contributed by atoms with Gasteiger partial charge in [-0.25, -0.2) is 0 Å². The first-order chi connectivity index (χ1) is 6.20. The molecule has 0 fully saturated rings. The van der Waals surface area contributed by atoms with E-state index in [1.165, 1.54) is 7.11 Å². The third kappa shape index (κ3) is 2.08. The molecule has 0 spiro atoms. The molecule has 2 N–H and O–H groups in total. The van der Waals surface area contributed by atoms with E-state index >= 15 is 0 Å². The molecule has 70 valence electrons. The molecule has 4 heteroatoms. The Morgan fingerprint density at radius 2 is 2.31 bits per heavy atom. The average Bonchev–Trinajstić information content (AvgIpc) is 2.16. The van der Waals surface area contributed by atoms with E-state index in [9.17, 15) is 4.79 Å². The maximum Gasteiger partial charge on any atom is 0.180 e. The number of methoxy groups -OCH3 is 1. The lowest BCUT2D eigenvalue weighted by molar-refractivity contribution is 0.0998. The molecule has 0 aromatic heterocycles. The second kappa shape index (κ2) is 4.39. The van der Waals surface area contributed by atoms with Crippen molar-refractivity contribution >= 4 is 21.7 Å². The normalized spacial score (nSPS) is 9.77. The Kier molecular flexibility index (Phi) is 3.45. The van der Waals surface area contributed by atoms with Gasteiger partial charge in [0.2, 0.25) is 0 Å². The van der Waals surface area contributed by atoms with Crippen LogP contribution in [0.3, 0.4) is 0 Å². The number of ether oxygens (including phenoxy) is 1. The Labute approximate surface area is 85.0 Å². The van der Waals surface area contributed by atoms with Crippen LogP contribution in [-0.4, -0.2) is 19.4 Å². The monoisotopic (exact) mass is 243 g/mol. The Balaban J connectivity index is 3.20. The van der Waals surface area contributed by atoms with Gasteiger partial charge in [0.1, 0.15) is 5.75 Å². The van der Waals surface area contributed by atoms with E-state index < -0.39 is 0 Å². The van der Waals surface area contributed by atoms with Gasteiger partial charge in [0.25, 0.3) is 0 Å². The number of hydrogen-bond acceptors (Lipinski definition) is 3. The molecule has 0 radical (unpaired) electrons. The van der Waals surface area contributed by atoms with E-state index in [-0.39, 0.29) is 12.3 Å². The lowest BCUT2D eigenvalue weighted by Crippen LogP contribution is -2.14. The van der Waals surface area contributed by atoms with E-state index in [1.807, 2.05) is 6.07 Å². The lowest BCUT2D eigenvalue weighted by Gasteiger charge is -2.07. The van der Waals surface area contributed by atoms with Crippen molar-refractivity contribution in [2.75, 3.05) is 13.7 Å². The van der Waals surface area contributed by atoms with E-state index in [0.29, 0.717) is 11.3 Å². The van der Waals surface area contributed by atoms with Crippen LogP contribution in [0.2, 0.25) is 0 Å². The van der Waals surface area contributed by atoms with Crippen molar-refractivity contribution in [3.8, 4) is 5.75 Å². The Bertz CT molecular complexity index is 325. The highest BCUT2D eigenvalue weighted by molar-refractivity contribution is 9.10. The number of nitrogens with two attached hydrogens (primary N) is 1. The van der Waals surface area contributed by atoms with Crippen LogP contribution in [0.5, 0.6) is 5.75 Å². The minimum absolute atomic E-state index is 0.00713. The highest BCUT2D eigenvalue weighted by Gasteiger charge is 2.12. The van der Waals surface area contributed by atoms with Crippen molar-refractivity contribution in [3.63, 3.8) is 0 Å². The molecule has 1 aromatic rings. The molecule has 0 atom stereocenters. The SMILES string of the molecule is COc1c(Br)cccc1C(=O)CN. The maximum absolute atomic E-state index is 11.3. The number of rotatable bonds is 3. The summed E-state index contributed by atoms with van der Waals surface area (Å²) >= 11 is 3.29.